The van der Waals surface area contributed by atoms with Gasteiger partial charge in [0.05, 0.1) is 29.2 Å². The Morgan fingerprint density at radius 2 is 1.58 bits per heavy atom. The molecule has 1 atom stereocenters. The lowest BCUT2D eigenvalue weighted by molar-refractivity contribution is -0.150. The number of carboxylic acid groups (broad SMARTS) is 1. The molecule has 0 aliphatic rings. The zero-order valence-electron chi connectivity index (χ0n) is 33.4. The van der Waals surface area contributed by atoms with E-state index in [0.29, 0.717) is 46.3 Å². The summed E-state index contributed by atoms with van der Waals surface area (Å²) in [4.78, 5) is 16.1. The molecule has 0 aliphatic heterocycles. The van der Waals surface area contributed by atoms with E-state index in [9.17, 15) is 28.7 Å². The minimum absolute atomic E-state index is 0.00570. The summed E-state index contributed by atoms with van der Waals surface area (Å²) in [6.45, 7) is 6.27. The van der Waals surface area contributed by atoms with E-state index in [0.717, 1.165) is 45.2 Å². The number of aliphatic carboxylic acids is 1. The van der Waals surface area contributed by atoms with Gasteiger partial charge in [-0.3, -0.25) is 9.78 Å². The molecule has 0 bridgehead atoms. The van der Waals surface area contributed by atoms with Gasteiger partial charge in [0.25, 0.3) is 0 Å². The van der Waals surface area contributed by atoms with Crippen molar-refractivity contribution >= 4 is 27.4 Å². The van der Waals surface area contributed by atoms with E-state index in [4.69, 9.17) is 30.9 Å². The summed E-state index contributed by atoms with van der Waals surface area (Å²) in [5.74, 6) is -0.105. The van der Waals surface area contributed by atoms with Gasteiger partial charge in [0.15, 0.2) is 9.84 Å². The molecule has 0 saturated heterocycles. The Bertz CT molecular complexity index is 2450. The van der Waals surface area contributed by atoms with Gasteiger partial charge in [-0.05, 0) is 102 Å². The fourth-order valence-electron chi connectivity index (χ4n) is 6.52. The van der Waals surface area contributed by atoms with Gasteiger partial charge >= 0.3 is 5.97 Å². The molecule has 0 unspecified atom stereocenters. The first-order chi connectivity index (χ1) is 28.2. The van der Waals surface area contributed by atoms with Crippen LogP contribution < -0.4 is 19.5 Å². The first-order valence-corrected chi connectivity index (χ1v) is 21.2. The molecule has 0 spiro atoms. The zero-order valence-corrected chi connectivity index (χ0v) is 35.0. The topological polar surface area (TPSA) is 188 Å². The number of nitrogens with zero attached hydrogens (tertiary/aromatic N) is 2. The van der Waals surface area contributed by atoms with Crippen LogP contribution in [0, 0.1) is 30.6 Å². The number of hydrogen-bond acceptors (Lipinski definition) is 11. The Balaban J connectivity index is 1.41. The largest absolute Gasteiger partial charge is 0.491 e. The number of carbonyl (C=O) groups is 1. The molecule has 4 N–H and O–H groups in total. The molecule has 5 aromatic rings. The van der Waals surface area contributed by atoms with Gasteiger partial charge in [-0.1, -0.05) is 54.1 Å². The summed E-state index contributed by atoms with van der Waals surface area (Å²) in [6, 6.07) is 24.1. The number of halogens is 1. The van der Waals surface area contributed by atoms with E-state index in [1.165, 1.54) is 13.1 Å². The number of hydrogen-bond donors (Lipinski definition) is 4. The molecule has 0 amide bonds. The molecule has 0 saturated carbocycles. The molecular weight excluding hydrogens is 794 g/mol. The number of benzene rings is 4. The third kappa shape index (κ3) is 11.2. The first kappa shape index (κ1) is 44.6. The van der Waals surface area contributed by atoms with Gasteiger partial charge < -0.3 is 34.8 Å². The molecule has 0 radical (unpaired) electrons. The summed E-state index contributed by atoms with van der Waals surface area (Å²) >= 11 is 6.78. The van der Waals surface area contributed by atoms with E-state index in [1.807, 2.05) is 56.3 Å². The van der Waals surface area contributed by atoms with Crippen molar-refractivity contribution in [2.75, 3.05) is 39.2 Å². The van der Waals surface area contributed by atoms with Crippen LogP contribution in [-0.2, 0) is 34.3 Å². The Labute approximate surface area is 349 Å². The van der Waals surface area contributed by atoms with Crippen LogP contribution in [0.4, 0.5) is 0 Å². The predicted molar refractivity (Wildman–Crippen MR) is 226 cm³/mol. The summed E-state index contributed by atoms with van der Waals surface area (Å²) in [5.41, 5.74) is 6.61. The fourth-order valence-corrected chi connectivity index (χ4v) is 7.59. The minimum atomic E-state index is -3.63. The lowest BCUT2D eigenvalue weighted by Crippen LogP contribution is -2.32. The SMILES string of the molecule is Cc1c(COc2cc(OCc3cncc(C#N)c3)c(CC[C@](C)(CO)C(=O)O)cc2Cl)cccc1-c1cccc(-c2ccc(OCCNCCO)c(S(C)(=O)=O)c2)c1C. The quantitative estimate of drug-likeness (QED) is 0.0584. The summed E-state index contributed by atoms with van der Waals surface area (Å²) < 4.78 is 44.1. The molecule has 0 aliphatic carbocycles. The maximum atomic E-state index is 12.9. The Morgan fingerprint density at radius 1 is 0.864 bits per heavy atom. The van der Waals surface area contributed by atoms with Crippen molar-refractivity contribution < 1.29 is 42.7 Å². The standard InChI is InChI=1S/C45H48ClN3O9S/c1-29-35(27-58-42-22-41(57-26-32-19-31(23-47)24-49-25-32)34(20-39(42)46)13-14-45(3,28-51)44(52)53)7-5-9-37(29)38-10-6-8-36(30(38)2)33-11-12-40(43(21-33)59(4,54)55)56-18-16-48-15-17-50/h5-12,19-22,24-25,48,50-51H,13-18,26-28H2,1-4H3,(H,52,53)/t45-/m1/s1. The zero-order chi connectivity index (χ0) is 42.7. The maximum absolute atomic E-state index is 12.9. The van der Waals surface area contributed by atoms with E-state index >= 15 is 0 Å². The van der Waals surface area contributed by atoms with Crippen molar-refractivity contribution in [3.63, 3.8) is 0 Å². The number of aliphatic hydroxyl groups excluding tert-OH is 2. The van der Waals surface area contributed by atoms with Gasteiger partial charge in [0, 0.05) is 43.4 Å². The lowest BCUT2D eigenvalue weighted by atomic mass is 9.85. The van der Waals surface area contributed by atoms with Gasteiger partial charge in [0.1, 0.15) is 48.0 Å². The van der Waals surface area contributed by atoms with Crippen LogP contribution >= 0.6 is 11.6 Å². The third-order valence-corrected chi connectivity index (χ3v) is 11.6. The molecule has 12 nitrogen and oxygen atoms in total. The number of carboxylic acids is 1. The minimum Gasteiger partial charge on any atom is -0.491 e. The highest BCUT2D eigenvalue weighted by Crippen LogP contribution is 2.39. The van der Waals surface area contributed by atoms with Crippen LogP contribution in [0.15, 0.2) is 90.1 Å². The number of nitriles is 1. The Hall–Kier alpha value is -5.49. The van der Waals surface area contributed by atoms with Crippen molar-refractivity contribution in [2.45, 2.75) is 51.7 Å². The van der Waals surface area contributed by atoms with Gasteiger partial charge in [-0.2, -0.15) is 5.26 Å². The maximum Gasteiger partial charge on any atom is 0.311 e. The van der Waals surface area contributed by atoms with E-state index in [1.54, 1.807) is 36.5 Å². The number of aromatic nitrogens is 1. The number of sulfone groups is 1. The highest BCUT2D eigenvalue weighted by atomic mass is 35.5. The average Bonchev–Trinajstić information content (AvgIpc) is 3.22. The molecule has 310 valence electrons. The summed E-state index contributed by atoms with van der Waals surface area (Å²) in [5, 5.41) is 41.2. The van der Waals surface area contributed by atoms with Crippen LogP contribution in [0.1, 0.15) is 46.7 Å². The molecule has 1 heterocycles. The summed E-state index contributed by atoms with van der Waals surface area (Å²) in [6.07, 6.45) is 4.56. The summed E-state index contributed by atoms with van der Waals surface area (Å²) in [7, 11) is -3.63. The molecule has 59 heavy (non-hydrogen) atoms. The van der Waals surface area contributed by atoms with Gasteiger partial charge in [-0.25, -0.2) is 8.42 Å². The van der Waals surface area contributed by atoms with Gasteiger partial charge in [-0.15, -0.1) is 0 Å². The molecule has 1 aromatic heterocycles. The van der Waals surface area contributed by atoms with Crippen molar-refractivity contribution in [1.82, 2.24) is 10.3 Å². The van der Waals surface area contributed by atoms with Crippen molar-refractivity contribution in [3.05, 3.63) is 124 Å². The number of aryl methyl sites for hydroxylation is 1. The molecule has 0 fully saturated rings. The van der Waals surface area contributed by atoms with Crippen molar-refractivity contribution in [1.29, 1.82) is 5.26 Å². The highest BCUT2D eigenvalue weighted by molar-refractivity contribution is 7.90. The van der Waals surface area contributed by atoms with Crippen molar-refractivity contribution in [3.8, 4) is 45.6 Å². The van der Waals surface area contributed by atoms with E-state index in [-0.39, 0.29) is 49.9 Å². The van der Waals surface area contributed by atoms with Crippen LogP contribution in [-0.4, -0.2) is 73.9 Å². The Kier molecular flexibility index (Phi) is 15.1. The normalized spacial score (nSPS) is 12.4. The second-order valence-electron chi connectivity index (χ2n) is 14.5. The van der Waals surface area contributed by atoms with Crippen LogP contribution in [0.2, 0.25) is 5.02 Å². The number of rotatable bonds is 20. The fraction of sp³-hybridized carbons (Fsp3) is 0.311. The molecule has 14 heteroatoms. The molecular formula is C45H48ClN3O9S. The predicted octanol–water partition coefficient (Wildman–Crippen LogP) is 7.10. The second kappa shape index (κ2) is 20.0. The average molecular weight is 842 g/mol. The lowest BCUT2D eigenvalue weighted by Gasteiger charge is -2.23. The van der Waals surface area contributed by atoms with Gasteiger partial charge in [0.2, 0.25) is 0 Å². The third-order valence-electron chi connectivity index (χ3n) is 10.2. The number of aliphatic hydroxyl groups is 2. The van der Waals surface area contributed by atoms with E-state index in [2.05, 4.69) is 16.4 Å². The second-order valence-corrected chi connectivity index (χ2v) is 16.9. The number of pyridine rings is 1. The number of ether oxygens (including phenoxy) is 3. The monoisotopic (exact) mass is 841 g/mol. The van der Waals surface area contributed by atoms with Crippen LogP contribution in [0.25, 0.3) is 22.3 Å². The molecule has 5 rings (SSSR count). The number of nitrogens with one attached hydrogen (secondary N) is 1. The van der Waals surface area contributed by atoms with Crippen molar-refractivity contribution in [2.24, 2.45) is 5.41 Å². The highest BCUT2D eigenvalue weighted by Gasteiger charge is 2.32. The smallest absolute Gasteiger partial charge is 0.311 e. The first-order valence-electron chi connectivity index (χ1n) is 18.9. The molecule has 4 aromatic carbocycles. The van der Waals surface area contributed by atoms with E-state index < -0.39 is 27.8 Å². The Morgan fingerprint density at radius 3 is 2.27 bits per heavy atom. The van der Waals surface area contributed by atoms with Crippen LogP contribution in [0.3, 0.4) is 0 Å². The van der Waals surface area contributed by atoms with Crippen LogP contribution in [0.5, 0.6) is 17.2 Å².